The van der Waals surface area contributed by atoms with Crippen LogP contribution in [-0.2, 0) is 13.1 Å². The second kappa shape index (κ2) is 6.95. The highest BCUT2D eigenvalue weighted by Gasteiger charge is 2.20. The maximum Gasteiger partial charge on any atom is 0.0746 e. The molecule has 0 amide bonds. The molecule has 0 aliphatic carbocycles. The zero-order chi connectivity index (χ0) is 13.6. The summed E-state index contributed by atoms with van der Waals surface area (Å²) in [5.74, 6) is 0.521. The first kappa shape index (κ1) is 15.3. The summed E-state index contributed by atoms with van der Waals surface area (Å²) in [7, 11) is 0. The Balaban J connectivity index is 2.32. The average molecular weight is 252 g/mol. The van der Waals surface area contributed by atoms with Crippen LogP contribution in [0.1, 0.15) is 46.1 Å². The number of nitrogens with zero attached hydrogens (tertiary/aromatic N) is 1. The van der Waals surface area contributed by atoms with Gasteiger partial charge < -0.3 is 15.0 Å². The van der Waals surface area contributed by atoms with Crippen molar-refractivity contribution in [1.29, 1.82) is 0 Å². The molecule has 0 radical (unpaired) electrons. The van der Waals surface area contributed by atoms with Gasteiger partial charge in [-0.1, -0.05) is 20.8 Å². The first-order valence-corrected chi connectivity index (χ1v) is 7.00. The van der Waals surface area contributed by atoms with Gasteiger partial charge in [0.2, 0.25) is 0 Å². The molecule has 1 aromatic heterocycles. The zero-order valence-electron chi connectivity index (χ0n) is 12.2. The van der Waals surface area contributed by atoms with Crippen LogP contribution in [0.25, 0.3) is 0 Å². The Labute approximate surface area is 111 Å². The van der Waals surface area contributed by atoms with Gasteiger partial charge in [-0.3, -0.25) is 0 Å². The molecule has 1 heterocycles. The molecule has 3 heteroatoms. The number of aromatic nitrogens is 1. The topological polar surface area (TPSA) is 37.2 Å². The fraction of sp³-hybridized carbons (Fsp3) is 0.733. The van der Waals surface area contributed by atoms with E-state index in [-0.39, 0.29) is 0 Å². The van der Waals surface area contributed by atoms with E-state index in [1.807, 2.05) is 6.92 Å². The van der Waals surface area contributed by atoms with E-state index in [2.05, 4.69) is 49.1 Å². The zero-order valence-corrected chi connectivity index (χ0v) is 12.2. The number of nitrogens with one attached hydrogen (secondary N) is 1. The molecule has 18 heavy (non-hydrogen) atoms. The highest BCUT2D eigenvalue weighted by atomic mass is 16.3. The van der Waals surface area contributed by atoms with Crippen LogP contribution in [-0.4, -0.2) is 21.8 Å². The normalized spacial score (nSPS) is 15.0. The summed E-state index contributed by atoms with van der Waals surface area (Å²) in [6.07, 6.45) is 6.28. The molecule has 0 fully saturated rings. The van der Waals surface area contributed by atoms with E-state index < -0.39 is 5.60 Å². The van der Waals surface area contributed by atoms with Crippen molar-refractivity contribution in [3.63, 3.8) is 0 Å². The van der Waals surface area contributed by atoms with Gasteiger partial charge in [0.05, 0.1) is 5.60 Å². The summed E-state index contributed by atoms with van der Waals surface area (Å²) in [6.45, 7) is 10.9. The second-order valence-corrected chi connectivity index (χ2v) is 5.96. The molecule has 0 aliphatic heterocycles. The maximum absolute atomic E-state index is 10.2. The van der Waals surface area contributed by atoms with Crippen LogP contribution in [0.4, 0.5) is 0 Å². The lowest BCUT2D eigenvalue weighted by Crippen LogP contribution is -2.38. The van der Waals surface area contributed by atoms with Crippen LogP contribution < -0.4 is 5.32 Å². The molecule has 3 nitrogen and oxygen atoms in total. The molecule has 1 aromatic rings. The molecule has 0 bridgehead atoms. The van der Waals surface area contributed by atoms with Gasteiger partial charge in [-0.15, -0.1) is 0 Å². The van der Waals surface area contributed by atoms with Gasteiger partial charge in [0.15, 0.2) is 0 Å². The highest BCUT2D eigenvalue weighted by molar-refractivity contribution is 5.09. The lowest BCUT2D eigenvalue weighted by molar-refractivity contribution is 0.0383. The first-order valence-electron chi connectivity index (χ1n) is 7.00. The molecule has 104 valence electrons. The summed E-state index contributed by atoms with van der Waals surface area (Å²) in [4.78, 5) is 0. The number of rotatable bonds is 8. The molecular formula is C15H28N2O. The Morgan fingerprint density at radius 1 is 1.44 bits per heavy atom. The van der Waals surface area contributed by atoms with Crippen molar-refractivity contribution in [2.24, 2.45) is 5.92 Å². The van der Waals surface area contributed by atoms with Crippen molar-refractivity contribution in [2.75, 3.05) is 6.54 Å². The lowest BCUT2D eigenvalue weighted by atomic mass is 9.94. The van der Waals surface area contributed by atoms with Gasteiger partial charge in [0.1, 0.15) is 0 Å². The summed E-state index contributed by atoms with van der Waals surface area (Å²) in [6, 6.07) is 2.14. The minimum absolute atomic E-state index is 0.521. The van der Waals surface area contributed by atoms with Crippen molar-refractivity contribution >= 4 is 0 Å². The average Bonchev–Trinajstić information content (AvgIpc) is 2.64. The highest BCUT2D eigenvalue weighted by Crippen LogP contribution is 2.15. The van der Waals surface area contributed by atoms with Crippen molar-refractivity contribution < 1.29 is 5.11 Å². The molecule has 0 saturated heterocycles. The maximum atomic E-state index is 10.2. The molecular weight excluding hydrogens is 224 g/mol. The van der Waals surface area contributed by atoms with Gasteiger partial charge in [-0.2, -0.15) is 0 Å². The Hall–Kier alpha value is -0.800. The van der Waals surface area contributed by atoms with E-state index in [4.69, 9.17) is 0 Å². The molecule has 0 spiro atoms. The Bertz CT molecular complexity index is 342. The van der Waals surface area contributed by atoms with Crippen LogP contribution in [0.15, 0.2) is 18.5 Å². The number of hydrogen-bond acceptors (Lipinski definition) is 2. The fourth-order valence-electron chi connectivity index (χ4n) is 2.42. The van der Waals surface area contributed by atoms with E-state index in [1.54, 1.807) is 0 Å². The molecule has 1 atom stereocenters. The third-order valence-electron chi connectivity index (χ3n) is 2.98. The van der Waals surface area contributed by atoms with Crippen LogP contribution in [0.5, 0.6) is 0 Å². The SMILES string of the molecule is CCCn1ccc(CNCC(C)(O)CC(C)C)c1. The van der Waals surface area contributed by atoms with E-state index in [0.29, 0.717) is 12.5 Å². The lowest BCUT2D eigenvalue weighted by Gasteiger charge is -2.25. The van der Waals surface area contributed by atoms with Gasteiger partial charge >= 0.3 is 0 Å². The number of aliphatic hydroxyl groups is 1. The summed E-state index contributed by atoms with van der Waals surface area (Å²) in [5.41, 5.74) is 0.670. The predicted molar refractivity (Wildman–Crippen MR) is 76.5 cm³/mol. The van der Waals surface area contributed by atoms with Gasteiger partial charge in [0, 0.05) is 32.0 Å². The van der Waals surface area contributed by atoms with Gasteiger partial charge in [-0.25, -0.2) is 0 Å². The first-order chi connectivity index (χ1) is 8.43. The van der Waals surface area contributed by atoms with Crippen molar-refractivity contribution in [2.45, 2.75) is 59.2 Å². The number of hydrogen-bond donors (Lipinski definition) is 2. The summed E-state index contributed by atoms with van der Waals surface area (Å²) in [5, 5.41) is 13.5. The third kappa shape index (κ3) is 5.69. The van der Waals surface area contributed by atoms with Gasteiger partial charge in [0.25, 0.3) is 0 Å². The predicted octanol–water partition coefficient (Wildman–Crippen LogP) is 2.78. The largest absolute Gasteiger partial charge is 0.389 e. The second-order valence-electron chi connectivity index (χ2n) is 5.96. The molecule has 2 N–H and O–H groups in total. The molecule has 1 rings (SSSR count). The van der Waals surface area contributed by atoms with E-state index in [9.17, 15) is 5.11 Å². The van der Waals surface area contributed by atoms with Crippen LogP contribution in [0.2, 0.25) is 0 Å². The van der Waals surface area contributed by atoms with Crippen LogP contribution in [0, 0.1) is 5.92 Å². The molecule has 0 saturated carbocycles. The standard InChI is InChI=1S/C15H28N2O/c1-5-7-17-8-6-14(11-17)10-16-12-15(4,18)9-13(2)3/h6,8,11,13,16,18H,5,7,9-10,12H2,1-4H3. The molecule has 1 unspecified atom stereocenters. The third-order valence-corrected chi connectivity index (χ3v) is 2.98. The molecule has 0 aromatic carbocycles. The smallest absolute Gasteiger partial charge is 0.0746 e. The van der Waals surface area contributed by atoms with Crippen molar-refractivity contribution in [1.82, 2.24) is 9.88 Å². The Morgan fingerprint density at radius 2 is 2.17 bits per heavy atom. The van der Waals surface area contributed by atoms with Gasteiger partial charge in [-0.05, 0) is 37.3 Å². The van der Waals surface area contributed by atoms with E-state index in [0.717, 1.165) is 25.9 Å². The summed E-state index contributed by atoms with van der Waals surface area (Å²) < 4.78 is 2.21. The fourth-order valence-corrected chi connectivity index (χ4v) is 2.42. The van der Waals surface area contributed by atoms with Crippen LogP contribution >= 0.6 is 0 Å². The quantitative estimate of drug-likeness (QED) is 0.746. The Morgan fingerprint density at radius 3 is 2.78 bits per heavy atom. The minimum atomic E-state index is -0.611. The Kier molecular flexibility index (Phi) is 5.89. The molecule has 0 aliphatic rings. The minimum Gasteiger partial charge on any atom is -0.389 e. The summed E-state index contributed by atoms with van der Waals surface area (Å²) >= 11 is 0. The van der Waals surface area contributed by atoms with E-state index >= 15 is 0 Å². The van der Waals surface area contributed by atoms with Crippen molar-refractivity contribution in [3.05, 3.63) is 24.0 Å². The number of aryl methyl sites for hydroxylation is 1. The van der Waals surface area contributed by atoms with Crippen molar-refractivity contribution in [3.8, 4) is 0 Å². The van der Waals surface area contributed by atoms with Crippen LogP contribution in [0.3, 0.4) is 0 Å². The van der Waals surface area contributed by atoms with E-state index in [1.165, 1.54) is 5.56 Å². The monoisotopic (exact) mass is 252 g/mol.